The highest BCUT2D eigenvalue weighted by molar-refractivity contribution is 5.51. The predicted molar refractivity (Wildman–Crippen MR) is 82.7 cm³/mol. The van der Waals surface area contributed by atoms with Crippen LogP contribution in [0.15, 0.2) is 6.20 Å². The van der Waals surface area contributed by atoms with E-state index in [1.165, 1.54) is 0 Å². The summed E-state index contributed by atoms with van der Waals surface area (Å²) in [5.41, 5.74) is 2.10. The van der Waals surface area contributed by atoms with Gasteiger partial charge in [-0.25, -0.2) is 9.97 Å². The topological polar surface area (TPSA) is 59.5 Å². The number of methoxy groups -OCH3 is 2. The molecule has 0 spiro atoms. The van der Waals surface area contributed by atoms with Crippen molar-refractivity contribution < 1.29 is 9.47 Å². The highest BCUT2D eigenvalue weighted by Crippen LogP contribution is 2.26. The van der Waals surface area contributed by atoms with Crippen molar-refractivity contribution in [1.82, 2.24) is 15.3 Å². The number of anilines is 1. The molecule has 1 aliphatic heterocycles. The lowest BCUT2D eigenvalue weighted by Crippen LogP contribution is -2.27. The molecule has 1 saturated heterocycles. The number of hydrogen-bond donors (Lipinski definition) is 1. The van der Waals surface area contributed by atoms with Crippen molar-refractivity contribution in [1.29, 1.82) is 0 Å². The van der Waals surface area contributed by atoms with Gasteiger partial charge in [0.15, 0.2) is 0 Å². The summed E-state index contributed by atoms with van der Waals surface area (Å²) in [7, 11) is 5.39. The van der Waals surface area contributed by atoms with E-state index in [9.17, 15) is 0 Å². The molecule has 0 aliphatic carbocycles. The first-order valence-corrected chi connectivity index (χ1v) is 7.41. The van der Waals surface area contributed by atoms with Crippen molar-refractivity contribution in [3.63, 3.8) is 0 Å². The average molecular weight is 294 g/mol. The summed E-state index contributed by atoms with van der Waals surface area (Å²) in [5.74, 6) is 1.21. The number of nitrogens with zero attached hydrogens (tertiary/aromatic N) is 3. The SMILES string of the molecule is CNCc1nc(C(C)C)ncc1N1CC(OC)C(OC)C1. The minimum Gasteiger partial charge on any atom is -0.377 e. The van der Waals surface area contributed by atoms with Gasteiger partial charge in [-0.2, -0.15) is 0 Å². The number of ether oxygens (including phenoxy) is 2. The van der Waals surface area contributed by atoms with Gasteiger partial charge in [0, 0.05) is 39.8 Å². The fourth-order valence-corrected chi connectivity index (χ4v) is 2.66. The van der Waals surface area contributed by atoms with E-state index < -0.39 is 0 Å². The molecule has 1 N–H and O–H groups in total. The predicted octanol–water partition coefficient (Wildman–Crippen LogP) is 1.17. The third kappa shape index (κ3) is 3.51. The van der Waals surface area contributed by atoms with Crippen molar-refractivity contribution in [2.45, 2.75) is 38.5 Å². The quantitative estimate of drug-likeness (QED) is 0.850. The molecule has 2 heterocycles. The Hall–Kier alpha value is -1.24. The summed E-state index contributed by atoms with van der Waals surface area (Å²) in [4.78, 5) is 11.5. The second-order valence-corrected chi connectivity index (χ2v) is 5.70. The van der Waals surface area contributed by atoms with Crippen molar-refractivity contribution in [3.8, 4) is 0 Å². The van der Waals surface area contributed by atoms with Gasteiger partial charge in [0.2, 0.25) is 0 Å². The second-order valence-electron chi connectivity index (χ2n) is 5.70. The van der Waals surface area contributed by atoms with Gasteiger partial charge in [-0.1, -0.05) is 13.8 Å². The summed E-state index contributed by atoms with van der Waals surface area (Å²) < 4.78 is 11.0. The number of hydrogen-bond acceptors (Lipinski definition) is 6. The van der Waals surface area contributed by atoms with Crippen LogP contribution in [0, 0.1) is 0 Å². The van der Waals surface area contributed by atoms with Crippen molar-refractivity contribution >= 4 is 5.69 Å². The van der Waals surface area contributed by atoms with Gasteiger partial charge in [-0.3, -0.25) is 0 Å². The van der Waals surface area contributed by atoms with Crippen LogP contribution in [0.1, 0.15) is 31.3 Å². The molecule has 0 aromatic carbocycles. The van der Waals surface area contributed by atoms with Crippen LogP contribution in [0.2, 0.25) is 0 Å². The molecule has 2 rings (SSSR count). The van der Waals surface area contributed by atoms with Gasteiger partial charge in [0.25, 0.3) is 0 Å². The summed E-state index contributed by atoms with van der Waals surface area (Å²) in [6.07, 6.45) is 2.10. The van der Waals surface area contributed by atoms with Crippen LogP contribution in [-0.4, -0.2) is 56.5 Å². The molecule has 6 heteroatoms. The first-order chi connectivity index (χ1) is 10.1. The van der Waals surface area contributed by atoms with Crippen LogP contribution >= 0.6 is 0 Å². The van der Waals surface area contributed by atoms with Crippen LogP contribution in [0.25, 0.3) is 0 Å². The molecule has 0 bridgehead atoms. The lowest BCUT2D eigenvalue weighted by molar-refractivity contribution is -0.00461. The van der Waals surface area contributed by atoms with Crippen LogP contribution < -0.4 is 10.2 Å². The largest absolute Gasteiger partial charge is 0.377 e. The molecule has 0 saturated carbocycles. The number of rotatable bonds is 6. The maximum absolute atomic E-state index is 5.51. The maximum atomic E-state index is 5.51. The highest BCUT2D eigenvalue weighted by Gasteiger charge is 2.34. The zero-order valence-electron chi connectivity index (χ0n) is 13.6. The fraction of sp³-hybridized carbons (Fsp3) is 0.733. The lowest BCUT2D eigenvalue weighted by atomic mass is 10.2. The molecular formula is C15H26N4O2. The van der Waals surface area contributed by atoms with E-state index in [1.54, 1.807) is 14.2 Å². The Morgan fingerprint density at radius 3 is 2.38 bits per heavy atom. The van der Waals surface area contributed by atoms with Crippen molar-refractivity contribution in [2.75, 3.05) is 39.3 Å². The van der Waals surface area contributed by atoms with E-state index in [0.717, 1.165) is 36.8 Å². The molecule has 0 amide bonds. The molecule has 118 valence electrons. The zero-order chi connectivity index (χ0) is 15.4. The molecular weight excluding hydrogens is 268 g/mol. The molecule has 21 heavy (non-hydrogen) atoms. The third-order valence-electron chi connectivity index (χ3n) is 3.89. The van der Waals surface area contributed by atoms with Gasteiger partial charge >= 0.3 is 0 Å². The minimum absolute atomic E-state index is 0.0854. The number of nitrogens with one attached hydrogen (secondary N) is 1. The van der Waals surface area contributed by atoms with E-state index >= 15 is 0 Å². The molecule has 1 aromatic rings. The molecule has 1 aromatic heterocycles. The first kappa shape index (κ1) is 16.1. The third-order valence-corrected chi connectivity index (χ3v) is 3.89. The summed E-state index contributed by atoms with van der Waals surface area (Å²) in [6.45, 7) is 6.54. The smallest absolute Gasteiger partial charge is 0.131 e. The van der Waals surface area contributed by atoms with Crippen LogP contribution in [0.4, 0.5) is 5.69 Å². The van der Waals surface area contributed by atoms with Crippen LogP contribution in [-0.2, 0) is 16.0 Å². The summed E-state index contributed by atoms with van der Waals surface area (Å²) in [6, 6.07) is 0. The molecule has 2 unspecified atom stereocenters. The van der Waals surface area contributed by atoms with Gasteiger partial charge in [0.1, 0.15) is 18.0 Å². The van der Waals surface area contributed by atoms with Gasteiger partial charge < -0.3 is 19.7 Å². The number of aromatic nitrogens is 2. The molecule has 1 aliphatic rings. The summed E-state index contributed by atoms with van der Waals surface area (Å²) in [5, 5.41) is 3.18. The maximum Gasteiger partial charge on any atom is 0.131 e. The van der Waals surface area contributed by atoms with Crippen molar-refractivity contribution in [2.24, 2.45) is 0 Å². The van der Waals surface area contributed by atoms with E-state index in [1.807, 2.05) is 13.2 Å². The molecule has 1 fully saturated rings. The van der Waals surface area contributed by atoms with Gasteiger partial charge in [0.05, 0.1) is 17.6 Å². The Labute approximate surface area is 126 Å². The van der Waals surface area contributed by atoms with Gasteiger partial charge in [-0.15, -0.1) is 0 Å². The molecule has 2 atom stereocenters. The fourth-order valence-electron chi connectivity index (χ4n) is 2.66. The van der Waals surface area contributed by atoms with E-state index in [-0.39, 0.29) is 12.2 Å². The minimum atomic E-state index is 0.0854. The van der Waals surface area contributed by atoms with E-state index in [4.69, 9.17) is 14.5 Å². The monoisotopic (exact) mass is 294 g/mol. The zero-order valence-corrected chi connectivity index (χ0v) is 13.6. The Morgan fingerprint density at radius 1 is 1.29 bits per heavy atom. The second kappa shape index (κ2) is 7.15. The Morgan fingerprint density at radius 2 is 1.90 bits per heavy atom. The Bertz CT molecular complexity index is 455. The standard InChI is InChI=1S/C15H26N4O2/c1-10(2)15-17-7-12(11(18-15)6-16-3)19-8-13(20-4)14(9-19)21-5/h7,10,13-14,16H,6,8-9H2,1-5H3. The Kier molecular flexibility index (Phi) is 5.50. The lowest BCUT2D eigenvalue weighted by Gasteiger charge is -2.21. The molecule has 0 radical (unpaired) electrons. The summed E-state index contributed by atoms with van der Waals surface area (Å²) >= 11 is 0. The van der Waals surface area contributed by atoms with E-state index in [0.29, 0.717) is 5.92 Å². The Balaban J connectivity index is 2.26. The van der Waals surface area contributed by atoms with Crippen molar-refractivity contribution in [3.05, 3.63) is 17.7 Å². The van der Waals surface area contributed by atoms with Crippen LogP contribution in [0.3, 0.4) is 0 Å². The normalized spacial score (nSPS) is 22.3. The average Bonchev–Trinajstić information content (AvgIpc) is 2.90. The first-order valence-electron chi connectivity index (χ1n) is 7.41. The highest BCUT2D eigenvalue weighted by atomic mass is 16.5. The molecule has 6 nitrogen and oxygen atoms in total. The van der Waals surface area contributed by atoms with E-state index in [2.05, 4.69) is 29.0 Å². The van der Waals surface area contributed by atoms with Crippen LogP contribution in [0.5, 0.6) is 0 Å². The van der Waals surface area contributed by atoms with Gasteiger partial charge in [-0.05, 0) is 7.05 Å².